The second-order valence-electron chi connectivity index (χ2n) is 5.29. The minimum absolute atomic E-state index is 0.331. The fourth-order valence-electron chi connectivity index (χ4n) is 2.71. The van der Waals surface area contributed by atoms with Crippen molar-refractivity contribution in [1.29, 1.82) is 0 Å². The molecule has 0 amide bonds. The van der Waals surface area contributed by atoms with E-state index in [9.17, 15) is 9.90 Å². The molecular weight excluding hydrogens is 254 g/mol. The van der Waals surface area contributed by atoms with Gasteiger partial charge in [-0.25, -0.2) is 9.78 Å². The quantitative estimate of drug-likeness (QED) is 0.910. The molecule has 1 saturated heterocycles. The van der Waals surface area contributed by atoms with Gasteiger partial charge in [-0.2, -0.15) is 0 Å². The maximum absolute atomic E-state index is 11.2. The highest BCUT2D eigenvalue weighted by atomic mass is 16.4. The predicted octanol–water partition coefficient (Wildman–Crippen LogP) is 1.87. The summed E-state index contributed by atoms with van der Waals surface area (Å²) in [5, 5.41) is 9.21. The first-order chi connectivity index (χ1) is 9.55. The van der Waals surface area contributed by atoms with E-state index >= 15 is 0 Å². The zero-order valence-corrected chi connectivity index (χ0v) is 12.5. The van der Waals surface area contributed by atoms with Crippen molar-refractivity contribution >= 4 is 11.8 Å². The minimum atomic E-state index is -0.886. The van der Waals surface area contributed by atoms with Crippen LogP contribution in [0, 0.1) is 0 Å². The molecule has 0 saturated carbocycles. The van der Waals surface area contributed by atoms with Crippen LogP contribution in [-0.2, 0) is 6.42 Å². The van der Waals surface area contributed by atoms with Gasteiger partial charge in [0.2, 0.25) is 0 Å². The highest BCUT2D eigenvalue weighted by Crippen LogP contribution is 2.20. The fraction of sp³-hybridized carbons (Fsp3) is 0.600. The number of carboxylic acid groups (broad SMARTS) is 1. The van der Waals surface area contributed by atoms with E-state index in [0.717, 1.165) is 44.1 Å². The first-order valence-corrected chi connectivity index (χ1v) is 7.28. The van der Waals surface area contributed by atoms with Gasteiger partial charge in [0.05, 0.1) is 5.56 Å². The van der Waals surface area contributed by atoms with Crippen LogP contribution in [0.15, 0.2) is 12.1 Å². The number of anilines is 1. The first-order valence-electron chi connectivity index (χ1n) is 7.28. The molecule has 2 heterocycles. The van der Waals surface area contributed by atoms with Gasteiger partial charge in [-0.1, -0.05) is 13.8 Å². The molecule has 1 aliphatic heterocycles. The number of carbonyl (C=O) groups is 1. The summed E-state index contributed by atoms with van der Waals surface area (Å²) in [6, 6.07) is 3.82. The van der Waals surface area contributed by atoms with Gasteiger partial charge in [-0.3, -0.25) is 4.90 Å². The summed E-state index contributed by atoms with van der Waals surface area (Å²) in [7, 11) is 0. The van der Waals surface area contributed by atoms with Crippen LogP contribution in [0.25, 0.3) is 0 Å². The molecule has 1 unspecified atom stereocenters. The SMILES string of the molecule is CCc1cc(C(=O)O)cc(N2CCN(CC)C(C)C2)n1. The maximum atomic E-state index is 11.2. The average molecular weight is 277 g/mol. The number of rotatable bonds is 4. The third-order valence-electron chi connectivity index (χ3n) is 3.97. The monoisotopic (exact) mass is 277 g/mol. The molecule has 110 valence electrons. The van der Waals surface area contributed by atoms with Crippen molar-refractivity contribution in [2.75, 3.05) is 31.1 Å². The van der Waals surface area contributed by atoms with Crippen LogP contribution in [-0.4, -0.2) is 53.2 Å². The van der Waals surface area contributed by atoms with E-state index in [1.807, 2.05) is 6.92 Å². The zero-order chi connectivity index (χ0) is 14.7. The molecular formula is C15H23N3O2. The van der Waals surface area contributed by atoms with Gasteiger partial charge < -0.3 is 10.0 Å². The molecule has 1 aliphatic rings. The van der Waals surface area contributed by atoms with Crippen molar-refractivity contribution in [3.63, 3.8) is 0 Å². The van der Waals surface area contributed by atoms with Crippen LogP contribution in [0.2, 0.25) is 0 Å². The number of aryl methyl sites for hydroxylation is 1. The Balaban J connectivity index is 2.24. The van der Waals surface area contributed by atoms with Gasteiger partial charge in [-0.05, 0) is 32.0 Å². The number of aromatic carboxylic acids is 1. The van der Waals surface area contributed by atoms with E-state index in [1.54, 1.807) is 12.1 Å². The largest absolute Gasteiger partial charge is 0.478 e. The summed E-state index contributed by atoms with van der Waals surface area (Å²) in [6.45, 7) is 10.2. The second kappa shape index (κ2) is 6.22. The molecule has 1 atom stereocenters. The number of likely N-dealkylation sites (N-methyl/N-ethyl adjacent to an activating group) is 1. The number of hydrogen-bond donors (Lipinski definition) is 1. The van der Waals surface area contributed by atoms with Crippen molar-refractivity contribution < 1.29 is 9.90 Å². The van der Waals surface area contributed by atoms with Crippen LogP contribution in [0.5, 0.6) is 0 Å². The van der Waals surface area contributed by atoms with Crippen molar-refractivity contribution in [1.82, 2.24) is 9.88 Å². The van der Waals surface area contributed by atoms with Gasteiger partial charge in [0.1, 0.15) is 5.82 Å². The second-order valence-corrected chi connectivity index (χ2v) is 5.29. The Bertz CT molecular complexity index is 490. The van der Waals surface area contributed by atoms with E-state index in [4.69, 9.17) is 0 Å². The molecule has 0 aromatic carbocycles. The smallest absolute Gasteiger partial charge is 0.335 e. The first kappa shape index (κ1) is 14.8. The lowest BCUT2D eigenvalue weighted by molar-refractivity contribution is 0.0696. The third-order valence-corrected chi connectivity index (χ3v) is 3.97. The van der Waals surface area contributed by atoms with Crippen LogP contribution < -0.4 is 4.90 Å². The molecule has 1 aromatic heterocycles. The van der Waals surface area contributed by atoms with Gasteiger partial charge in [0.15, 0.2) is 0 Å². The fourth-order valence-corrected chi connectivity index (χ4v) is 2.71. The molecule has 0 spiro atoms. The number of aromatic nitrogens is 1. The maximum Gasteiger partial charge on any atom is 0.335 e. The lowest BCUT2D eigenvalue weighted by atomic mass is 10.1. The van der Waals surface area contributed by atoms with Gasteiger partial charge in [-0.15, -0.1) is 0 Å². The molecule has 0 aliphatic carbocycles. The zero-order valence-electron chi connectivity index (χ0n) is 12.5. The topological polar surface area (TPSA) is 56.7 Å². The lowest BCUT2D eigenvalue weighted by Gasteiger charge is -2.40. The van der Waals surface area contributed by atoms with E-state index in [1.165, 1.54) is 0 Å². The van der Waals surface area contributed by atoms with Gasteiger partial charge >= 0.3 is 5.97 Å². The summed E-state index contributed by atoms with van der Waals surface area (Å²) in [5.41, 5.74) is 1.17. The van der Waals surface area contributed by atoms with Crippen molar-refractivity contribution in [3.8, 4) is 0 Å². The average Bonchev–Trinajstić information content (AvgIpc) is 2.46. The van der Waals surface area contributed by atoms with Gasteiger partial charge in [0, 0.05) is 31.4 Å². The van der Waals surface area contributed by atoms with Crippen LogP contribution in [0.3, 0.4) is 0 Å². The summed E-state index contributed by atoms with van der Waals surface area (Å²) in [6.07, 6.45) is 0.749. The molecule has 5 nitrogen and oxygen atoms in total. The number of nitrogens with zero attached hydrogens (tertiary/aromatic N) is 3. The van der Waals surface area contributed by atoms with E-state index in [-0.39, 0.29) is 0 Å². The Hall–Kier alpha value is -1.62. The molecule has 20 heavy (non-hydrogen) atoms. The van der Waals surface area contributed by atoms with Gasteiger partial charge in [0.25, 0.3) is 0 Å². The minimum Gasteiger partial charge on any atom is -0.478 e. The van der Waals surface area contributed by atoms with Crippen LogP contribution in [0.4, 0.5) is 5.82 Å². The summed E-state index contributed by atoms with van der Waals surface area (Å²) in [5.74, 6) is -0.0899. The number of pyridine rings is 1. The molecule has 2 rings (SSSR count). The van der Waals surface area contributed by atoms with Crippen LogP contribution in [0.1, 0.15) is 36.8 Å². The van der Waals surface area contributed by atoms with E-state index < -0.39 is 5.97 Å². The summed E-state index contributed by atoms with van der Waals surface area (Å²) >= 11 is 0. The van der Waals surface area contributed by atoms with Crippen molar-refractivity contribution in [2.24, 2.45) is 0 Å². The van der Waals surface area contributed by atoms with E-state index in [0.29, 0.717) is 11.6 Å². The Labute approximate surface area is 120 Å². The molecule has 0 bridgehead atoms. The predicted molar refractivity (Wildman–Crippen MR) is 79.5 cm³/mol. The Morgan fingerprint density at radius 3 is 2.70 bits per heavy atom. The Kier molecular flexibility index (Phi) is 4.60. The lowest BCUT2D eigenvalue weighted by Crippen LogP contribution is -2.52. The number of hydrogen-bond acceptors (Lipinski definition) is 4. The Morgan fingerprint density at radius 2 is 2.15 bits per heavy atom. The normalized spacial score (nSPS) is 20.1. The molecule has 1 N–H and O–H groups in total. The molecule has 0 radical (unpaired) electrons. The highest BCUT2D eigenvalue weighted by Gasteiger charge is 2.24. The molecule has 1 aromatic rings. The Morgan fingerprint density at radius 1 is 1.40 bits per heavy atom. The van der Waals surface area contributed by atoms with Crippen molar-refractivity contribution in [2.45, 2.75) is 33.2 Å². The molecule has 5 heteroatoms. The third kappa shape index (κ3) is 3.10. The summed E-state index contributed by atoms with van der Waals surface area (Å²) < 4.78 is 0. The number of piperazine rings is 1. The van der Waals surface area contributed by atoms with E-state index in [2.05, 4.69) is 28.6 Å². The van der Waals surface area contributed by atoms with Crippen molar-refractivity contribution in [3.05, 3.63) is 23.4 Å². The standard InChI is InChI=1S/C15H23N3O2/c1-4-13-8-12(15(19)20)9-14(16-13)18-7-6-17(5-2)11(3)10-18/h8-9,11H,4-7,10H2,1-3H3,(H,19,20). The molecule has 1 fully saturated rings. The highest BCUT2D eigenvalue weighted by molar-refractivity contribution is 5.88. The van der Waals surface area contributed by atoms with Crippen LogP contribution >= 0.6 is 0 Å². The summed E-state index contributed by atoms with van der Waals surface area (Å²) in [4.78, 5) is 20.4. The number of carboxylic acids is 1.